The first-order valence-corrected chi connectivity index (χ1v) is 6.62. The minimum absolute atomic E-state index is 0.111. The highest BCUT2D eigenvalue weighted by atomic mass is 16.5. The number of nitrogens with zero attached hydrogens (tertiary/aromatic N) is 3. The predicted octanol–water partition coefficient (Wildman–Crippen LogP) is 2.08. The first-order chi connectivity index (χ1) is 9.22. The topological polar surface area (TPSA) is 49.1 Å². The molecular weight excluding hydrogens is 242 g/mol. The standard InChI is InChI=1S/C14H17N3O2/c1-3-19-13-15-17(12-7-5-4-6-10(12)2)14(18)16(13)11-8-9-11/h4-7,11H,3,8-9H2,1-2H3. The molecule has 0 saturated heterocycles. The molecule has 1 aromatic heterocycles. The lowest BCUT2D eigenvalue weighted by Crippen LogP contribution is -2.24. The molecule has 5 heteroatoms. The van der Waals surface area contributed by atoms with Gasteiger partial charge in [-0.25, -0.2) is 9.36 Å². The molecule has 0 unspecified atom stereocenters. The summed E-state index contributed by atoms with van der Waals surface area (Å²) in [6.45, 7) is 4.38. The maximum Gasteiger partial charge on any atom is 0.353 e. The molecule has 1 heterocycles. The van der Waals surface area contributed by atoms with Crippen LogP contribution in [0.2, 0.25) is 0 Å². The van der Waals surface area contributed by atoms with Crippen molar-refractivity contribution in [3.8, 4) is 11.7 Å². The predicted molar refractivity (Wildman–Crippen MR) is 72.0 cm³/mol. The van der Waals surface area contributed by atoms with Crippen molar-refractivity contribution >= 4 is 0 Å². The smallest absolute Gasteiger partial charge is 0.353 e. The molecule has 1 saturated carbocycles. The fourth-order valence-corrected chi connectivity index (χ4v) is 2.19. The van der Waals surface area contributed by atoms with Crippen LogP contribution in [0.5, 0.6) is 6.01 Å². The van der Waals surface area contributed by atoms with Crippen molar-refractivity contribution in [2.75, 3.05) is 6.61 Å². The van der Waals surface area contributed by atoms with E-state index in [-0.39, 0.29) is 11.7 Å². The molecule has 5 nitrogen and oxygen atoms in total. The van der Waals surface area contributed by atoms with E-state index in [1.165, 1.54) is 4.68 Å². The number of aryl methyl sites for hydroxylation is 1. The zero-order chi connectivity index (χ0) is 13.4. The second-order valence-electron chi connectivity index (χ2n) is 4.80. The van der Waals surface area contributed by atoms with Gasteiger partial charge in [-0.1, -0.05) is 18.2 Å². The Bertz CT molecular complexity index is 653. The summed E-state index contributed by atoms with van der Waals surface area (Å²) in [6, 6.07) is 8.41. The van der Waals surface area contributed by atoms with E-state index in [2.05, 4.69) is 5.10 Å². The SMILES string of the molecule is CCOc1nn(-c2ccccc2C)c(=O)n1C1CC1. The number of ether oxygens (including phenoxy) is 1. The van der Waals surface area contributed by atoms with Gasteiger partial charge in [0.25, 0.3) is 0 Å². The van der Waals surface area contributed by atoms with Gasteiger partial charge in [0.15, 0.2) is 0 Å². The van der Waals surface area contributed by atoms with Crippen LogP contribution in [0.3, 0.4) is 0 Å². The largest absolute Gasteiger partial charge is 0.464 e. The number of rotatable bonds is 4. The summed E-state index contributed by atoms with van der Waals surface area (Å²) in [5.74, 6) is 0. The van der Waals surface area contributed by atoms with Crippen molar-refractivity contribution < 1.29 is 4.74 Å². The third kappa shape index (κ3) is 2.05. The van der Waals surface area contributed by atoms with E-state index in [4.69, 9.17) is 4.74 Å². The molecular formula is C14H17N3O2. The average Bonchev–Trinajstić information content (AvgIpc) is 3.17. The second kappa shape index (κ2) is 4.57. The summed E-state index contributed by atoms with van der Waals surface area (Å²) >= 11 is 0. The molecule has 1 aliphatic rings. The lowest BCUT2D eigenvalue weighted by molar-refractivity contribution is 0.294. The van der Waals surface area contributed by atoms with Crippen molar-refractivity contribution in [1.29, 1.82) is 0 Å². The molecule has 0 spiro atoms. The summed E-state index contributed by atoms with van der Waals surface area (Å²) in [5, 5.41) is 4.34. The molecule has 1 aliphatic carbocycles. The fourth-order valence-electron chi connectivity index (χ4n) is 2.19. The Morgan fingerprint density at radius 3 is 2.74 bits per heavy atom. The van der Waals surface area contributed by atoms with E-state index in [0.29, 0.717) is 12.6 Å². The molecule has 0 bridgehead atoms. The Balaban J connectivity index is 2.15. The third-order valence-electron chi connectivity index (χ3n) is 3.31. The highest BCUT2D eigenvalue weighted by Gasteiger charge is 2.31. The van der Waals surface area contributed by atoms with Gasteiger partial charge in [0.05, 0.1) is 12.3 Å². The lowest BCUT2D eigenvalue weighted by Gasteiger charge is -2.02. The van der Waals surface area contributed by atoms with Crippen LogP contribution in [0, 0.1) is 6.92 Å². The van der Waals surface area contributed by atoms with Gasteiger partial charge in [-0.2, -0.15) is 4.68 Å². The van der Waals surface area contributed by atoms with Gasteiger partial charge in [0, 0.05) is 6.04 Å². The first kappa shape index (κ1) is 12.0. The van der Waals surface area contributed by atoms with Crippen LogP contribution in [-0.2, 0) is 0 Å². The Labute approximate surface area is 111 Å². The molecule has 0 amide bonds. The molecule has 1 aromatic carbocycles. The summed E-state index contributed by atoms with van der Waals surface area (Å²) in [7, 11) is 0. The maximum absolute atomic E-state index is 12.5. The molecule has 0 atom stereocenters. The van der Waals surface area contributed by atoms with Crippen molar-refractivity contribution in [3.05, 3.63) is 40.3 Å². The number of hydrogen-bond acceptors (Lipinski definition) is 3. The fraction of sp³-hybridized carbons (Fsp3) is 0.429. The van der Waals surface area contributed by atoms with Gasteiger partial charge < -0.3 is 4.74 Å². The average molecular weight is 259 g/mol. The number of hydrogen-bond donors (Lipinski definition) is 0. The number of para-hydroxylation sites is 1. The zero-order valence-electron chi connectivity index (χ0n) is 11.2. The summed E-state index contributed by atoms with van der Waals surface area (Å²) in [5.41, 5.74) is 1.72. The quantitative estimate of drug-likeness (QED) is 0.844. The second-order valence-corrected chi connectivity index (χ2v) is 4.80. The molecule has 19 heavy (non-hydrogen) atoms. The zero-order valence-corrected chi connectivity index (χ0v) is 11.2. The first-order valence-electron chi connectivity index (χ1n) is 6.62. The van der Waals surface area contributed by atoms with Crippen molar-refractivity contribution in [3.63, 3.8) is 0 Å². The number of benzene rings is 1. The normalized spacial score (nSPS) is 14.6. The van der Waals surface area contributed by atoms with Gasteiger partial charge in [0.1, 0.15) is 0 Å². The van der Waals surface area contributed by atoms with Crippen molar-refractivity contribution in [1.82, 2.24) is 14.3 Å². The van der Waals surface area contributed by atoms with E-state index in [1.54, 1.807) is 4.57 Å². The monoisotopic (exact) mass is 259 g/mol. The van der Waals surface area contributed by atoms with Gasteiger partial charge in [0.2, 0.25) is 0 Å². The Morgan fingerprint density at radius 2 is 2.11 bits per heavy atom. The molecule has 0 radical (unpaired) electrons. The van der Waals surface area contributed by atoms with Gasteiger partial charge in [-0.05, 0) is 38.3 Å². The Hall–Kier alpha value is -2.04. The highest BCUT2D eigenvalue weighted by Crippen LogP contribution is 2.36. The maximum atomic E-state index is 12.5. The summed E-state index contributed by atoms with van der Waals surface area (Å²) < 4.78 is 8.61. The van der Waals surface area contributed by atoms with Gasteiger partial charge in [-0.15, -0.1) is 5.10 Å². The minimum atomic E-state index is -0.111. The van der Waals surface area contributed by atoms with Crippen molar-refractivity contribution in [2.24, 2.45) is 0 Å². The highest BCUT2D eigenvalue weighted by molar-refractivity contribution is 5.39. The van der Waals surface area contributed by atoms with Crippen molar-refractivity contribution in [2.45, 2.75) is 32.7 Å². The van der Waals surface area contributed by atoms with Crippen LogP contribution in [0.25, 0.3) is 5.69 Å². The summed E-state index contributed by atoms with van der Waals surface area (Å²) in [4.78, 5) is 12.5. The van der Waals surface area contributed by atoms with Crippen LogP contribution >= 0.6 is 0 Å². The van der Waals surface area contributed by atoms with E-state index in [1.807, 2.05) is 38.1 Å². The van der Waals surface area contributed by atoms with Crippen LogP contribution in [-0.4, -0.2) is 21.0 Å². The molecule has 3 rings (SSSR count). The van der Waals surface area contributed by atoms with Crippen LogP contribution < -0.4 is 10.4 Å². The Kier molecular flexibility index (Phi) is 2.89. The van der Waals surface area contributed by atoms with E-state index >= 15 is 0 Å². The van der Waals surface area contributed by atoms with Crippen LogP contribution in [0.1, 0.15) is 31.4 Å². The van der Waals surface area contributed by atoms with Gasteiger partial charge >= 0.3 is 11.7 Å². The van der Waals surface area contributed by atoms with E-state index in [0.717, 1.165) is 24.1 Å². The lowest BCUT2D eigenvalue weighted by atomic mass is 10.2. The van der Waals surface area contributed by atoms with Gasteiger partial charge in [-0.3, -0.25) is 0 Å². The third-order valence-corrected chi connectivity index (χ3v) is 3.31. The Morgan fingerprint density at radius 1 is 1.37 bits per heavy atom. The molecule has 0 N–H and O–H groups in total. The molecule has 2 aromatic rings. The minimum Gasteiger partial charge on any atom is -0.464 e. The van der Waals surface area contributed by atoms with Crippen LogP contribution in [0.4, 0.5) is 0 Å². The van der Waals surface area contributed by atoms with Crippen LogP contribution in [0.15, 0.2) is 29.1 Å². The summed E-state index contributed by atoms with van der Waals surface area (Å²) in [6.07, 6.45) is 2.05. The van der Waals surface area contributed by atoms with E-state index in [9.17, 15) is 4.79 Å². The van der Waals surface area contributed by atoms with E-state index < -0.39 is 0 Å². The molecule has 0 aliphatic heterocycles. The molecule has 100 valence electrons. The number of aromatic nitrogens is 3. The molecule has 1 fully saturated rings.